The normalized spacial score (nSPS) is 13.4. The van der Waals surface area contributed by atoms with E-state index in [0.29, 0.717) is 38.8 Å². The molecule has 0 aliphatic heterocycles. The number of nitrogens with two attached hydrogens (primary N) is 1. The number of nitrogens with one attached hydrogen (secondary N) is 3. The first kappa shape index (κ1) is 32.4. The third kappa shape index (κ3) is 15.1. The van der Waals surface area contributed by atoms with Gasteiger partial charge in [0.2, 0.25) is 11.8 Å². The van der Waals surface area contributed by atoms with Crippen molar-refractivity contribution in [3.8, 4) is 0 Å². The quantitative estimate of drug-likeness (QED) is 0.158. The minimum atomic E-state index is -0.765. The average Bonchev–Trinajstić information content (AvgIpc) is 2.79. The van der Waals surface area contributed by atoms with Gasteiger partial charge in [-0.2, -0.15) is 0 Å². The highest BCUT2D eigenvalue weighted by molar-refractivity contribution is 5.92. The molecule has 0 radical (unpaired) electrons. The van der Waals surface area contributed by atoms with Crippen LogP contribution in [0.4, 0.5) is 4.79 Å². The molecule has 0 saturated carbocycles. The van der Waals surface area contributed by atoms with E-state index in [1.54, 1.807) is 0 Å². The lowest BCUT2D eigenvalue weighted by molar-refractivity contribution is -0.149. The van der Waals surface area contributed by atoms with Crippen LogP contribution < -0.4 is 21.7 Å². The molecule has 10 nitrogen and oxygen atoms in total. The van der Waals surface area contributed by atoms with Gasteiger partial charge in [-0.15, -0.1) is 0 Å². The summed E-state index contributed by atoms with van der Waals surface area (Å²) in [6, 6.07) is -2.12. The van der Waals surface area contributed by atoms with E-state index >= 15 is 0 Å². The molecule has 0 bridgehead atoms. The van der Waals surface area contributed by atoms with E-state index in [9.17, 15) is 24.0 Å². The van der Waals surface area contributed by atoms with Crippen molar-refractivity contribution in [1.82, 2.24) is 16.0 Å². The van der Waals surface area contributed by atoms with E-state index in [0.717, 1.165) is 25.7 Å². The van der Waals surface area contributed by atoms with Gasteiger partial charge in [0.15, 0.2) is 5.78 Å². The van der Waals surface area contributed by atoms with Crippen LogP contribution in [0.3, 0.4) is 0 Å². The van der Waals surface area contributed by atoms with Crippen LogP contribution in [0.5, 0.6) is 0 Å². The fraction of sp³-hybridized carbons (Fsp3) is 0.800. The molecule has 5 N–H and O–H groups in total. The second-order valence-corrected chi connectivity index (χ2v) is 9.27. The molecule has 4 amide bonds. The number of Topliss-reactive ketones (excluding diaryl/α,β-unsaturated/α-hetero) is 1. The van der Waals surface area contributed by atoms with Crippen LogP contribution in [0.15, 0.2) is 0 Å². The molecule has 0 aliphatic rings. The van der Waals surface area contributed by atoms with Gasteiger partial charge in [-0.1, -0.05) is 34.1 Å². The number of rotatable bonds is 19. The van der Waals surface area contributed by atoms with Gasteiger partial charge in [0.25, 0.3) is 0 Å². The molecule has 0 heterocycles. The van der Waals surface area contributed by atoms with Gasteiger partial charge in [-0.05, 0) is 57.8 Å². The number of esters is 1. The topological polar surface area (TPSA) is 157 Å². The zero-order valence-electron chi connectivity index (χ0n) is 22.1. The Kier molecular flexibility index (Phi) is 17.2. The molecular weight excluding hydrogens is 452 g/mol. The number of ether oxygens (including phenoxy) is 1. The Hall–Kier alpha value is -2.65. The highest BCUT2D eigenvalue weighted by atomic mass is 16.5. The number of urea groups is 1. The van der Waals surface area contributed by atoms with Gasteiger partial charge in [-0.25, -0.2) is 4.79 Å². The Morgan fingerprint density at radius 2 is 1.60 bits per heavy atom. The first-order chi connectivity index (χ1) is 16.5. The molecular formula is C25H46N4O6. The van der Waals surface area contributed by atoms with E-state index < -0.39 is 24.0 Å². The molecule has 0 fully saturated rings. The Bertz CT molecular complexity index is 683. The maximum Gasteiger partial charge on any atom is 0.312 e. The summed E-state index contributed by atoms with van der Waals surface area (Å²) in [5.41, 5.74) is 5.02. The summed E-state index contributed by atoms with van der Waals surface area (Å²) in [4.78, 5) is 59.9. The minimum absolute atomic E-state index is 0.0423. The molecule has 202 valence electrons. The number of hydrogen-bond donors (Lipinski definition) is 4. The molecule has 0 aliphatic carbocycles. The average molecular weight is 499 g/mol. The fourth-order valence-electron chi connectivity index (χ4n) is 3.63. The summed E-state index contributed by atoms with van der Waals surface area (Å²) in [6.07, 6.45) is 5.66. The largest absolute Gasteiger partial charge is 0.465 e. The molecule has 0 saturated heterocycles. The van der Waals surface area contributed by atoms with Crippen LogP contribution in [-0.2, 0) is 23.9 Å². The highest BCUT2D eigenvalue weighted by Crippen LogP contribution is 2.13. The predicted molar refractivity (Wildman–Crippen MR) is 134 cm³/mol. The zero-order chi connectivity index (χ0) is 26.8. The Labute approximate surface area is 209 Å². The van der Waals surface area contributed by atoms with Crippen molar-refractivity contribution in [3.63, 3.8) is 0 Å². The molecule has 0 aromatic carbocycles. The summed E-state index contributed by atoms with van der Waals surface area (Å²) >= 11 is 0. The SMILES string of the molecule is CCCC(CC)C(=O)OCCCCCC(=O)N[C@H](C(=O)N[C@@H](CCCNC(N)=O)C(C)=O)C(C)C. The number of hydrogen-bond acceptors (Lipinski definition) is 6. The van der Waals surface area contributed by atoms with Gasteiger partial charge in [0.1, 0.15) is 6.04 Å². The summed E-state index contributed by atoms with van der Waals surface area (Å²) in [5.74, 6) is -1.22. The van der Waals surface area contributed by atoms with Crippen molar-refractivity contribution in [2.45, 2.75) is 104 Å². The lowest BCUT2D eigenvalue weighted by atomic mass is 10.0. The number of carbonyl (C=O) groups is 5. The molecule has 3 atom stereocenters. The number of amides is 4. The molecule has 1 unspecified atom stereocenters. The molecule has 35 heavy (non-hydrogen) atoms. The molecule has 0 rings (SSSR count). The van der Waals surface area contributed by atoms with Crippen molar-refractivity contribution in [2.75, 3.05) is 13.2 Å². The second kappa shape index (κ2) is 18.6. The van der Waals surface area contributed by atoms with Gasteiger partial charge in [0, 0.05) is 13.0 Å². The lowest BCUT2D eigenvalue weighted by Crippen LogP contribution is -2.53. The Morgan fingerprint density at radius 3 is 2.14 bits per heavy atom. The van der Waals surface area contributed by atoms with Crippen molar-refractivity contribution < 1.29 is 28.7 Å². The van der Waals surface area contributed by atoms with E-state index in [-0.39, 0.29) is 35.9 Å². The predicted octanol–water partition coefficient (Wildman–Crippen LogP) is 2.58. The van der Waals surface area contributed by atoms with Crippen LogP contribution >= 0.6 is 0 Å². The van der Waals surface area contributed by atoms with Gasteiger partial charge in [-0.3, -0.25) is 19.2 Å². The van der Waals surface area contributed by atoms with Crippen molar-refractivity contribution in [1.29, 1.82) is 0 Å². The number of primary amides is 1. The van der Waals surface area contributed by atoms with Crippen LogP contribution in [0, 0.1) is 11.8 Å². The van der Waals surface area contributed by atoms with Crippen LogP contribution in [0.25, 0.3) is 0 Å². The molecule has 0 spiro atoms. The number of unbranched alkanes of at least 4 members (excludes halogenated alkanes) is 2. The summed E-state index contributed by atoms with van der Waals surface area (Å²) in [6.45, 7) is 9.70. The maximum atomic E-state index is 12.8. The standard InChI is InChI=1S/C25H46N4O6/c1-6-12-19(7-2)24(33)35-16-10-8-9-14-21(31)29-22(17(3)4)23(32)28-20(18(5)30)13-11-15-27-25(26)34/h17,19-20,22H,6-16H2,1-5H3,(H,28,32)(H,29,31)(H3,26,27,34)/t19?,20-,22-/m0/s1. The maximum absolute atomic E-state index is 12.8. The lowest BCUT2D eigenvalue weighted by Gasteiger charge is -2.24. The van der Waals surface area contributed by atoms with Crippen LogP contribution in [0.2, 0.25) is 0 Å². The van der Waals surface area contributed by atoms with E-state index in [1.165, 1.54) is 6.92 Å². The van der Waals surface area contributed by atoms with Crippen molar-refractivity contribution >= 4 is 29.6 Å². The van der Waals surface area contributed by atoms with Crippen LogP contribution in [-0.4, -0.2) is 54.8 Å². The van der Waals surface area contributed by atoms with E-state index in [4.69, 9.17) is 10.5 Å². The fourth-order valence-corrected chi connectivity index (χ4v) is 3.63. The number of carbonyl (C=O) groups excluding carboxylic acids is 5. The second-order valence-electron chi connectivity index (χ2n) is 9.27. The molecule has 0 aromatic heterocycles. The van der Waals surface area contributed by atoms with Crippen molar-refractivity contribution in [2.24, 2.45) is 17.6 Å². The Balaban J connectivity index is 4.45. The van der Waals surface area contributed by atoms with Crippen LogP contribution in [0.1, 0.15) is 92.4 Å². The van der Waals surface area contributed by atoms with E-state index in [1.807, 2.05) is 27.7 Å². The smallest absolute Gasteiger partial charge is 0.312 e. The van der Waals surface area contributed by atoms with Gasteiger partial charge in [0.05, 0.1) is 18.6 Å². The summed E-state index contributed by atoms with van der Waals surface area (Å²) < 4.78 is 5.34. The minimum Gasteiger partial charge on any atom is -0.465 e. The first-order valence-electron chi connectivity index (χ1n) is 12.8. The summed E-state index contributed by atoms with van der Waals surface area (Å²) in [7, 11) is 0. The zero-order valence-corrected chi connectivity index (χ0v) is 22.1. The monoisotopic (exact) mass is 498 g/mol. The first-order valence-corrected chi connectivity index (χ1v) is 12.8. The van der Waals surface area contributed by atoms with Gasteiger partial charge < -0.3 is 26.4 Å². The third-order valence-corrected chi connectivity index (χ3v) is 5.80. The Morgan fingerprint density at radius 1 is 0.914 bits per heavy atom. The molecule has 10 heteroatoms. The third-order valence-electron chi connectivity index (χ3n) is 5.80. The van der Waals surface area contributed by atoms with Crippen molar-refractivity contribution in [3.05, 3.63) is 0 Å². The molecule has 0 aromatic rings. The number of ketones is 1. The van der Waals surface area contributed by atoms with Gasteiger partial charge >= 0.3 is 12.0 Å². The van der Waals surface area contributed by atoms with E-state index in [2.05, 4.69) is 16.0 Å². The summed E-state index contributed by atoms with van der Waals surface area (Å²) in [5, 5.41) is 7.92. The highest BCUT2D eigenvalue weighted by Gasteiger charge is 2.27.